The van der Waals surface area contributed by atoms with E-state index in [9.17, 15) is 4.79 Å². The van der Waals surface area contributed by atoms with Gasteiger partial charge >= 0.3 is 5.97 Å². The van der Waals surface area contributed by atoms with Crippen LogP contribution in [0, 0.1) is 0 Å². The zero-order chi connectivity index (χ0) is 13.8. The molecule has 0 spiro atoms. The van der Waals surface area contributed by atoms with Gasteiger partial charge in [0.05, 0.1) is 5.56 Å². The first-order chi connectivity index (χ1) is 9.06. The number of carboxylic acid groups (broad SMARTS) is 1. The van der Waals surface area contributed by atoms with Crippen LogP contribution in [0.25, 0.3) is 0 Å². The molecule has 19 heavy (non-hydrogen) atoms. The molecule has 0 amide bonds. The van der Waals surface area contributed by atoms with Gasteiger partial charge in [0.2, 0.25) is 0 Å². The van der Waals surface area contributed by atoms with Gasteiger partial charge in [-0.1, -0.05) is 45.7 Å². The third-order valence-electron chi connectivity index (χ3n) is 2.47. The van der Waals surface area contributed by atoms with Crippen LogP contribution in [0.5, 0.6) is 5.75 Å². The molecule has 0 aliphatic heterocycles. The lowest BCUT2D eigenvalue weighted by molar-refractivity contribution is 0.0696. The smallest absolute Gasteiger partial charge is 0.335 e. The van der Waals surface area contributed by atoms with Crippen LogP contribution in [0.2, 0.25) is 5.02 Å². The minimum absolute atomic E-state index is 0.170. The van der Waals surface area contributed by atoms with E-state index in [2.05, 4.69) is 15.9 Å². The van der Waals surface area contributed by atoms with Crippen LogP contribution in [0.15, 0.2) is 46.9 Å². The van der Waals surface area contributed by atoms with Crippen molar-refractivity contribution in [1.29, 1.82) is 0 Å². The molecule has 98 valence electrons. The second-order valence-corrected chi connectivity index (χ2v) is 5.18. The summed E-state index contributed by atoms with van der Waals surface area (Å²) in [4.78, 5) is 10.9. The van der Waals surface area contributed by atoms with Gasteiger partial charge in [0.15, 0.2) is 0 Å². The zero-order valence-electron chi connectivity index (χ0n) is 9.77. The maximum Gasteiger partial charge on any atom is 0.335 e. The predicted molar refractivity (Wildman–Crippen MR) is 76.9 cm³/mol. The highest BCUT2D eigenvalue weighted by molar-refractivity contribution is 9.10. The lowest BCUT2D eigenvalue weighted by atomic mass is 10.2. The third-order valence-corrected chi connectivity index (χ3v) is 3.30. The van der Waals surface area contributed by atoms with Gasteiger partial charge in [-0.05, 0) is 24.3 Å². The first-order valence-electron chi connectivity index (χ1n) is 5.46. The number of aromatic carboxylic acids is 1. The topological polar surface area (TPSA) is 46.5 Å². The summed E-state index contributed by atoms with van der Waals surface area (Å²) in [5.41, 5.74) is 1.02. The highest BCUT2D eigenvalue weighted by Gasteiger charge is 2.07. The highest BCUT2D eigenvalue weighted by atomic mass is 79.9. The van der Waals surface area contributed by atoms with Crippen molar-refractivity contribution in [2.45, 2.75) is 6.61 Å². The van der Waals surface area contributed by atoms with Crippen molar-refractivity contribution in [3.63, 3.8) is 0 Å². The molecular formula is C14H10BrClO3. The quantitative estimate of drug-likeness (QED) is 0.897. The number of carboxylic acids is 1. The largest absolute Gasteiger partial charge is 0.489 e. The molecule has 2 rings (SSSR count). The lowest BCUT2D eigenvalue weighted by Gasteiger charge is -2.09. The van der Waals surface area contributed by atoms with Crippen LogP contribution in [-0.2, 0) is 6.61 Å². The summed E-state index contributed by atoms with van der Waals surface area (Å²) in [6.07, 6.45) is 0. The molecule has 2 aromatic rings. The predicted octanol–water partition coefficient (Wildman–Crippen LogP) is 4.38. The van der Waals surface area contributed by atoms with Gasteiger partial charge in [-0.2, -0.15) is 0 Å². The summed E-state index contributed by atoms with van der Waals surface area (Å²) in [7, 11) is 0. The van der Waals surface area contributed by atoms with Gasteiger partial charge in [0, 0.05) is 15.1 Å². The minimum Gasteiger partial charge on any atom is -0.489 e. The minimum atomic E-state index is -0.996. The van der Waals surface area contributed by atoms with Crippen LogP contribution in [0.1, 0.15) is 15.9 Å². The summed E-state index contributed by atoms with van der Waals surface area (Å²) in [6.45, 7) is 0.287. The summed E-state index contributed by atoms with van der Waals surface area (Å²) in [6, 6.07) is 12.1. The molecule has 2 aromatic carbocycles. The van der Waals surface area contributed by atoms with Crippen LogP contribution in [0.3, 0.4) is 0 Å². The van der Waals surface area contributed by atoms with Gasteiger partial charge in [0.25, 0.3) is 0 Å². The Balaban J connectivity index is 2.16. The number of benzene rings is 2. The van der Waals surface area contributed by atoms with Crippen LogP contribution < -0.4 is 4.74 Å². The number of halogens is 2. The molecule has 5 heteroatoms. The average molecular weight is 342 g/mol. The molecule has 0 saturated heterocycles. The molecule has 0 aliphatic carbocycles. The summed E-state index contributed by atoms with van der Waals surface area (Å²) >= 11 is 9.27. The van der Waals surface area contributed by atoms with E-state index in [0.717, 1.165) is 5.56 Å². The van der Waals surface area contributed by atoms with E-state index < -0.39 is 5.97 Å². The van der Waals surface area contributed by atoms with E-state index in [0.29, 0.717) is 15.2 Å². The molecule has 3 nitrogen and oxygen atoms in total. The lowest BCUT2D eigenvalue weighted by Crippen LogP contribution is -2.00. The third kappa shape index (κ3) is 3.72. The van der Waals surface area contributed by atoms with E-state index in [-0.39, 0.29) is 12.2 Å². The first kappa shape index (κ1) is 13.9. The maximum absolute atomic E-state index is 10.9. The maximum atomic E-state index is 10.9. The van der Waals surface area contributed by atoms with E-state index in [1.54, 1.807) is 12.1 Å². The molecule has 0 aliphatic rings. The molecule has 0 aromatic heterocycles. The standard InChI is InChI=1S/C14H10BrClO3/c15-11-5-10(14(17)18)6-12(7-11)19-8-9-3-1-2-4-13(9)16/h1-7H,8H2,(H,17,18). The molecule has 0 bridgehead atoms. The highest BCUT2D eigenvalue weighted by Crippen LogP contribution is 2.23. The van der Waals surface area contributed by atoms with E-state index in [1.807, 2.05) is 18.2 Å². The Morgan fingerprint density at radius 3 is 2.68 bits per heavy atom. The van der Waals surface area contributed by atoms with Gasteiger partial charge in [-0.3, -0.25) is 0 Å². The van der Waals surface area contributed by atoms with Gasteiger partial charge < -0.3 is 9.84 Å². The van der Waals surface area contributed by atoms with Crippen LogP contribution >= 0.6 is 27.5 Å². The molecule has 0 heterocycles. The number of ether oxygens (including phenoxy) is 1. The van der Waals surface area contributed by atoms with Crippen molar-refractivity contribution in [2.75, 3.05) is 0 Å². The fraction of sp³-hybridized carbons (Fsp3) is 0.0714. The Bertz CT molecular complexity index is 613. The van der Waals surface area contributed by atoms with Gasteiger partial charge in [-0.15, -0.1) is 0 Å². The summed E-state index contributed by atoms with van der Waals surface area (Å²) in [5, 5.41) is 9.59. The zero-order valence-corrected chi connectivity index (χ0v) is 12.1. The molecule has 0 saturated carbocycles. The van der Waals surface area contributed by atoms with Crippen molar-refractivity contribution >= 4 is 33.5 Å². The fourth-order valence-corrected chi connectivity index (χ4v) is 2.21. The molecule has 0 fully saturated rings. The normalized spacial score (nSPS) is 10.2. The van der Waals surface area contributed by atoms with E-state index >= 15 is 0 Å². The van der Waals surface area contributed by atoms with E-state index in [1.165, 1.54) is 12.1 Å². The van der Waals surface area contributed by atoms with E-state index in [4.69, 9.17) is 21.4 Å². The van der Waals surface area contributed by atoms with Gasteiger partial charge in [0.1, 0.15) is 12.4 Å². The van der Waals surface area contributed by atoms with Crippen molar-refractivity contribution in [2.24, 2.45) is 0 Å². The fourth-order valence-electron chi connectivity index (χ4n) is 1.55. The van der Waals surface area contributed by atoms with Gasteiger partial charge in [-0.25, -0.2) is 4.79 Å². The first-order valence-corrected chi connectivity index (χ1v) is 6.63. The number of carbonyl (C=O) groups is 1. The van der Waals surface area contributed by atoms with Crippen molar-refractivity contribution in [3.8, 4) is 5.75 Å². The Kier molecular flexibility index (Phi) is 4.45. The molecule has 0 atom stereocenters. The molecule has 0 radical (unpaired) electrons. The Morgan fingerprint density at radius 2 is 2.00 bits per heavy atom. The summed E-state index contributed by atoms with van der Waals surface area (Å²) < 4.78 is 6.22. The van der Waals surface area contributed by atoms with Crippen molar-refractivity contribution < 1.29 is 14.6 Å². The molecule has 0 unspecified atom stereocenters. The second-order valence-electron chi connectivity index (χ2n) is 3.86. The molecular weight excluding hydrogens is 332 g/mol. The monoisotopic (exact) mass is 340 g/mol. The Morgan fingerprint density at radius 1 is 1.26 bits per heavy atom. The second kappa shape index (κ2) is 6.08. The van der Waals surface area contributed by atoms with Crippen molar-refractivity contribution in [1.82, 2.24) is 0 Å². The Hall–Kier alpha value is -1.52. The van der Waals surface area contributed by atoms with Crippen LogP contribution in [-0.4, -0.2) is 11.1 Å². The van der Waals surface area contributed by atoms with Crippen molar-refractivity contribution in [3.05, 3.63) is 63.1 Å². The number of hydrogen-bond donors (Lipinski definition) is 1. The Labute approximate surface area is 123 Å². The van der Waals surface area contributed by atoms with Crippen LogP contribution in [0.4, 0.5) is 0 Å². The average Bonchev–Trinajstić information content (AvgIpc) is 2.37. The number of rotatable bonds is 4. The number of hydrogen-bond acceptors (Lipinski definition) is 2. The summed E-state index contributed by atoms with van der Waals surface area (Å²) in [5.74, 6) is -0.518. The molecule has 1 N–H and O–H groups in total. The SMILES string of the molecule is O=C(O)c1cc(Br)cc(OCc2ccccc2Cl)c1.